The molecule has 182 valence electrons. The zero-order chi connectivity index (χ0) is 23.8. The largest absolute Gasteiger partial charge is 0.456 e. The third kappa shape index (κ3) is 5.23. The van der Waals surface area contributed by atoms with Gasteiger partial charge in [0.15, 0.2) is 0 Å². The molecule has 1 heterocycles. The molecule has 4 nitrogen and oxygen atoms in total. The Morgan fingerprint density at radius 2 is 1.82 bits per heavy atom. The summed E-state index contributed by atoms with van der Waals surface area (Å²) < 4.78 is 5.47. The molecular weight excluding hydrogens is 420 g/mol. The zero-order valence-corrected chi connectivity index (χ0v) is 21.1. The Morgan fingerprint density at radius 3 is 2.56 bits per heavy atom. The van der Waals surface area contributed by atoms with Gasteiger partial charge in [0.1, 0.15) is 5.60 Å². The average molecular weight is 461 g/mol. The molecule has 3 aliphatic rings. The molecule has 0 aromatic heterocycles. The van der Waals surface area contributed by atoms with Crippen LogP contribution in [0.1, 0.15) is 79.9 Å². The molecule has 1 aliphatic heterocycles. The molecule has 0 radical (unpaired) electrons. The number of ether oxygens (including phenoxy) is 1. The van der Waals surface area contributed by atoms with E-state index in [0.29, 0.717) is 17.0 Å². The van der Waals surface area contributed by atoms with Crippen LogP contribution < -0.4 is 5.32 Å². The number of fused-ring (bicyclic) bond motifs is 2. The second kappa shape index (κ2) is 9.47. The van der Waals surface area contributed by atoms with E-state index in [2.05, 4.69) is 46.6 Å². The molecule has 0 bridgehead atoms. The minimum absolute atomic E-state index is 0.249. The summed E-state index contributed by atoms with van der Waals surface area (Å²) >= 11 is 0. The van der Waals surface area contributed by atoms with Crippen LogP contribution in [-0.2, 0) is 23.1 Å². The van der Waals surface area contributed by atoms with Crippen molar-refractivity contribution < 1.29 is 9.53 Å². The fraction of sp³-hybridized carbons (Fsp3) is 0.567. The standard InChI is InChI=1S/C30H40N2O2/c1-29(2,3)34-28(33)25-12-10-23(11-13-25)21-32-17-14-22(15-18-32)20-31-27-19-30(27)16-6-8-24-7-4-5-9-26(24)30/h4-5,7,9-13,22,27,31H,6,8,14-21H2,1-3H3. The highest BCUT2D eigenvalue weighted by atomic mass is 16.6. The van der Waals surface area contributed by atoms with Crippen molar-refractivity contribution in [2.45, 2.75) is 82.9 Å². The van der Waals surface area contributed by atoms with E-state index in [1.54, 1.807) is 11.1 Å². The Balaban J connectivity index is 1.06. The molecule has 1 saturated heterocycles. The van der Waals surface area contributed by atoms with E-state index in [4.69, 9.17) is 4.74 Å². The maximum Gasteiger partial charge on any atom is 0.338 e. The Labute approximate surface area is 205 Å². The summed E-state index contributed by atoms with van der Waals surface area (Å²) in [5.74, 6) is 0.531. The number of hydrogen-bond acceptors (Lipinski definition) is 4. The number of piperidine rings is 1. The van der Waals surface area contributed by atoms with E-state index in [-0.39, 0.29) is 5.97 Å². The molecule has 1 saturated carbocycles. The van der Waals surface area contributed by atoms with Gasteiger partial charge in [0.05, 0.1) is 5.56 Å². The number of likely N-dealkylation sites (tertiary alicyclic amines) is 1. The Hall–Kier alpha value is -2.17. The number of nitrogens with zero attached hydrogens (tertiary/aromatic N) is 1. The summed E-state index contributed by atoms with van der Waals surface area (Å²) in [6.45, 7) is 10.1. The van der Waals surface area contributed by atoms with Gasteiger partial charge >= 0.3 is 5.97 Å². The lowest BCUT2D eigenvalue weighted by Crippen LogP contribution is -2.38. The lowest BCUT2D eigenvalue weighted by molar-refractivity contribution is 0.00695. The topological polar surface area (TPSA) is 41.6 Å². The summed E-state index contributed by atoms with van der Waals surface area (Å²) in [5, 5.41) is 3.96. The quantitative estimate of drug-likeness (QED) is 0.579. The second-order valence-corrected chi connectivity index (χ2v) is 11.8. The molecule has 34 heavy (non-hydrogen) atoms. The smallest absolute Gasteiger partial charge is 0.338 e. The molecule has 1 spiro atoms. The fourth-order valence-corrected chi connectivity index (χ4v) is 6.10. The van der Waals surface area contributed by atoms with Crippen molar-refractivity contribution in [3.8, 4) is 0 Å². The van der Waals surface area contributed by atoms with Gasteiger partial charge in [-0.3, -0.25) is 4.90 Å². The maximum absolute atomic E-state index is 12.2. The van der Waals surface area contributed by atoms with Gasteiger partial charge in [0, 0.05) is 18.0 Å². The number of esters is 1. The predicted molar refractivity (Wildman–Crippen MR) is 137 cm³/mol. The molecule has 1 N–H and O–H groups in total. The Kier molecular flexibility index (Phi) is 6.56. The highest BCUT2D eigenvalue weighted by molar-refractivity contribution is 5.89. The molecule has 0 amide bonds. The molecule has 4 heteroatoms. The van der Waals surface area contributed by atoms with Gasteiger partial charge in [-0.05, 0) is 114 Å². The van der Waals surface area contributed by atoms with Gasteiger partial charge < -0.3 is 10.1 Å². The van der Waals surface area contributed by atoms with Crippen molar-refractivity contribution in [3.05, 3.63) is 70.8 Å². The van der Waals surface area contributed by atoms with Crippen molar-refractivity contribution >= 4 is 5.97 Å². The number of benzene rings is 2. The van der Waals surface area contributed by atoms with Crippen molar-refractivity contribution in [3.63, 3.8) is 0 Å². The first-order valence-corrected chi connectivity index (χ1v) is 13.2. The minimum Gasteiger partial charge on any atom is -0.456 e. The van der Waals surface area contributed by atoms with Gasteiger partial charge in [0.25, 0.3) is 0 Å². The Bertz CT molecular complexity index is 1000. The van der Waals surface area contributed by atoms with E-state index in [9.17, 15) is 4.79 Å². The number of hydrogen-bond donors (Lipinski definition) is 1. The number of carbonyl (C=O) groups excluding carboxylic acids is 1. The van der Waals surface area contributed by atoms with Crippen LogP contribution in [0.5, 0.6) is 0 Å². The number of nitrogens with one attached hydrogen (secondary N) is 1. The van der Waals surface area contributed by atoms with Crippen molar-refractivity contribution in [1.29, 1.82) is 0 Å². The lowest BCUT2D eigenvalue weighted by Gasteiger charge is -2.32. The van der Waals surface area contributed by atoms with Gasteiger partial charge in [-0.1, -0.05) is 36.4 Å². The van der Waals surface area contributed by atoms with Crippen LogP contribution in [0.15, 0.2) is 48.5 Å². The molecule has 2 atom stereocenters. The summed E-state index contributed by atoms with van der Waals surface area (Å²) in [5.41, 5.74) is 5.08. The van der Waals surface area contributed by atoms with Crippen LogP contribution in [0.3, 0.4) is 0 Å². The summed E-state index contributed by atoms with van der Waals surface area (Å²) in [4.78, 5) is 14.8. The third-order valence-corrected chi connectivity index (χ3v) is 8.05. The van der Waals surface area contributed by atoms with Gasteiger partial charge in [-0.15, -0.1) is 0 Å². The highest BCUT2D eigenvalue weighted by Crippen LogP contribution is 2.55. The average Bonchev–Trinajstić information content (AvgIpc) is 3.51. The number of rotatable bonds is 6. The molecule has 5 rings (SSSR count). The third-order valence-electron chi connectivity index (χ3n) is 8.05. The van der Waals surface area contributed by atoms with Gasteiger partial charge in [-0.2, -0.15) is 0 Å². The molecular formula is C30H40N2O2. The van der Waals surface area contributed by atoms with Crippen LogP contribution >= 0.6 is 0 Å². The monoisotopic (exact) mass is 460 g/mol. The van der Waals surface area contributed by atoms with E-state index in [0.717, 1.165) is 32.1 Å². The molecule has 2 aromatic carbocycles. The highest BCUT2D eigenvalue weighted by Gasteiger charge is 2.56. The van der Waals surface area contributed by atoms with Gasteiger partial charge in [-0.25, -0.2) is 4.79 Å². The van der Waals surface area contributed by atoms with E-state index < -0.39 is 5.60 Å². The first-order valence-electron chi connectivity index (χ1n) is 13.2. The first kappa shape index (κ1) is 23.6. The molecule has 2 aromatic rings. The van der Waals surface area contributed by atoms with Crippen LogP contribution in [0.25, 0.3) is 0 Å². The lowest BCUT2D eigenvalue weighted by atomic mass is 9.79. The molecule has 2 fully saturated rings. The normalized spacial score (nSPS) is 25.2. The summed E-state index contributed by atoms with van der Waals surface area (Å²) in [6, 6.07) is 17.8. The Morgan fingerprint density at radius 1 is 1.09 bits per heavy atom. The molecule has 2 aliphatic carbocycles. The fourth-order valence-electron chi connectivity index (χ4n) is 6.10. The minimum atomic E-state index is -0.462. The summed E-state index contributed by atoms with van der Waals surface area (Å²) in [7, 11) is 0. The van der Waals surface area contributed by atoms with Gasteiger partial charge in [0.2, 0.25) is 0 Å². The summed E-state index contributed by atoms with van der Waals surface area (Å²) in [6.07, 6.45) is 7.80. The van der Waals surface area contributed by atoms with Crippen LogP contribution in [-0.4, -0.2) is 42.1 Å². The zero-order valence-electron chi connectivity index (χ0n) is 21.1. The predicted octanol–water partition coefficient (Wildman–Crippen LogP) is 5.49. The first-order chi connectivity index (χ1) is 16.3. The van der Waals surface area contributed by atoms with Crippen molar-refractivity contribution in [2.75, 3.05) is 19.6 Å². The van der Waals surface area contributed by atoms with Crippen molar-refractivity contribution in [2.24, 2.45) is 5.92 Å². The molecule has 2 unspecified atom stereocenters. The SMILES string of the molecule is CC(C)(C)OC(=O)c1ccc(CN2CCC(CNC3CC34CCCc3ccccc34)CC2)cc1. The van der Waals surface area contributed by atoms with Crippen molar-refractivity contribution in [1.82, 2.24) is 10.2 Å². The van der Waals surface area contributed by atoms with Crippen LogP contribution in [0, 0.1) is 5.92 Å². The number of aryl methyl sites for hydroxylation is 1. The van der Waals surface area contributed by atoms with Crippen LogP contribution in [0.4, 0.5) is 0 Å². The van der Waals surface area contributed by atoms with Crippen LogP contribution in [0.2, 0.25) is 0 Å². The van der Waals surface area contributed by atoms with E-state index in [1.165, 1.54) is 44.1 Å². The van der Waals surface area contributed by atoms with E-state index in [1.807, 2.05) is 32.9 Å². The maximum atomic E-state index is 12.2. The number of carbonyl (C=O) groups is 1. The second-order valence-electron chi connectivity index (χ2n) is 11.8. The van der Waals surface area contributed by atoms with E-state index >= 15 is 0 Å².